The molecule has 0 unspecified atom stereocenters. The van der Waals surface area contributed by atoms with Gasteiger partial charge in [-0.15, -0.1) is 0 Å². The van der Waals surface area contributed by atoms with E-state index in [2.05, 4.69) is 0 Å². The summed E-state index contributed by atoms with van der Waals surface area (Å²) in [4.78, 5) is 51.7. The summed E-state index contributed by atoms with van der Waals surface area (Å²) in [5.41, 5.74) is -0.299. The van der Waals surface area contributed by atoms with Crippen LogP contribution >= 0.6 is 0 Å². The Morgan fingerprint density at radius 2 is 1.61 bits per heavy atom. The number of ketones is 3. The molecule has 1 aromatic carbocycles. The van der Waals surface area contributed by atoms with E-state index in [1.807, 2.05) is 27.7 Å². The number of hydrogen-bond donors (Lipinski definition) is 1. The van der Waals surface area contributed by atoms with Gasteiger partial charge in [0, 0.05) is 37.2 Å². The van der Waals surface area contributed by atoms with Crippen LogP contribution in [-0.4, -0.2) is 48.7 Å². The number of rotatable bonds is 8. The average molecular weight is 501 g/mol. The maximum Gasteiger partial charge on any atom is 0.344 e. The predicted octanol–water partition coefficient (Wildman–Crippen LogP) is 4.50. The van der Waals surface area contributed by atoms with Crippen molar-refractivity contribution in [3.8, 4) is 11.5 Å². The summed E-state index contributed by atoms with van der Waals surface area (Å²) in [6.07, 6.45) is 0.862. The first-order valence-corrected chi connectivity index (χ1v) is 12.3. The molecule has 3 rings (SSSR count). The Balaban J connectivity index is 2.09. The molecule has 8 heteroatoms. The monoisotopic (exact) mass is 500 g/mol. The molecular weight excluding hydrogens is 464 g/mol. The maximum absolute atomic E-state index is 13.3. The highest BCUT2D eigenvalue weighted by molar-refractivity contribution is 6.09. The van der Waals surface area contributed by atoms with Crippen LogP contribution in [0.5, 0.6) is 11.5 Å². The highest BCUT2D eigenvalue weighted by Crippen LogP contribution is 2.48. The molecule has 0 aromatic heterocycles. The molecule has 1 fully saturated rings. The lowest BCUT2D eigenvalue weighted by Gasteiger charge is -2.39. The summed E-state index contributed by atoms with van der Waals surface area (Å²) in [5.74, 6) is -2.90. The third-order valence-electron chi connectivity index (χ3n) is 6.74. The Morgan fingerprint density at radius 1 is 1.00 bits per heavy atom. The first-order valence-electron chi connectivity index (χ1n) is 12.3. The lowest BCUT2D eigenvalue weighted by atomic mass is 9.62. The Kier molecular flexibility index (Phi) is 7.96. The van der Waals surface area contributed by atoms with Crippen molar-refractivity contribution in [1.29, 1.82) is 0 Å². The molecule has 1 atom stereocenters. The molecule has 2 aliphatic carbocycles. The van der Waals surface area contributed by atoms with E-state index < -0.39 is 28.6 Å². The normalized spacial score (nSPS) is 20.8. The van der Waals surface area contributed by atoms with Crippen LogP contribution in [0, 0.1) is 16.7 Å². The fraction of sp³-hybridized carbons (Fsp3) is 0.571. The molecule has 2 aliphatic rings. The van der Waals surface area contributed by atoms with Crippen molar-refractivity contribution in [2.45, 2.75) is 66.2 Å². The van der Waals surface area contributed by atoms with Gasteiger partial charge in [-0.3, -0.25) is 14.4 Å². The van der Waals surface area contributed by atoms with Gasteiger partial charge in [-0.25, -0.2) is 4.79 Å². The summed E-state index contributed by atoms with van der Waals surface area (Å²) >= 11 is 0. The highest BCUT2D eigenvalue weighted by Gasteiger charge is 2.48. The van der Waals surface area contributed by atoms with Gasteiger partial charge < -0.3 is 19.3 Å². The molecule has 0 bridgehead atoms. The first kappa shape index (κ1) is 27.4. The second-order valence-electron chi connectivity index (χ2n) is 11.2. The van der Waals surface area contributed by atoms with Gasteiger partial charge in [-0.2, -0.15) is 0 Å². The second kappa shape index (κ2) is 10.4. The first-order chi connectivity index (χ1) is 16.8. The molecule has 36 heavy (non-hydrogen) atoms. The molecule has 1 N–H and O–H groups in total. The third-order valence-corrected chi connectivity index (χ3v) is 6.74. The molecular formula is C28H36O8. The molecule has 0 saturated heterocycles. The molecule has 0 spiro atoms. The van der Waals surface area contributed by atoms with Crippen LogP contribution in [-0.2, 0) is 23.9 Å². The number of aliphatic hydroxyl groups excluding tert-OH is 1. The van der Waals surface area contributed by atoms with Crippen molar-refractivity contribution in [3.63, 3.8) is 0 Å². The summed E-state index contributed by atoms with van der Waals surface area (Å²) < 4.78 is 15.9. The van der Waals surface area contributed by atoms with Gasteiger partial charge in [-0.05, 0) is 35.4 Å². The van der Waals surface area contributed by atoms with Crippen LogP contribution in [0.3, 0.4) is 0 Å². The smallest absolute Gasteiger partial charge is 0.344 e. The summed E-state index contributed by atoms with van der Waals surface area (Å²) in [6, 6.07) is 4.80. The van der Waals surface area contributed by atoms with E-state index in [-0.39, 0.29) is 79.1 Å². The van der Waals surface area contributed by atoms with E-state index in [0.29, 0.717) is 5.56 Å². The predicted molar refractivity (Wildman–Crippen MR) is 132 cm³/mol. The lowest BCUT2D eigenvalue weighted by molar-refractivity contribution is -0.145. The van der Waals surface area contributed by atoms with Gasteiger partial charge in [0.25, 0.3) is 0 Å². The summed E-state index contributed by atoms with van der Waals surface area (Å²) in [7, 11) is 1.43. The van der Waals surface area contributed by atoms with Crippen LogP contribution < -0.4 is 9.47 Å². The Bertz CT molecular complexity index is 1070. The highest BCUT2D eigenvalue weighted by atomic mass is 16.6. The Labute approximate surface area is 212 Å². The van der Waals surface area contributed by atoms with Crippen molar-refractivity contribution in [3.05, 3.63) is 35.1 Å². The van der Waals surface area contributed by atoms with E-state index in [9.17, 15) is 24.3 Å². The van der Waals surface area contributed by atoms with Crippen LogP contribution in [0.4, 0.5) is 0 Å². The van der Waals surface area contributed by atoms with E-state index in [1.54, 1.807) is 25.1 Å². The van der Waals surface area contributed by atoms with Crippen LogP contribution in [0.2, 0.25) is 0 Å². The SMILES string of the molecule is CCOC(=O)COc1ccc([C@@H](C2=C(O)CC(C)(C)CC2=O)C2C(=O)CC(C)(C)CC2=O)cc1OC. The number of carbonyl (C=O) groups excluding carboxylic acids is 4. The van der Waals surface area contributed by atoms with Gasteiger partial charge in [0.2, 0.25) is 0 Å². The number of methoxy groups -OCH3 is 1. The van der Waals surface area contributed by atoms with Gasteiger partial charge >= 0.3 is 5.97 Å². The minimum absolute atomic E-state index is 0.0895. The van der Waals surface area contributed by atoms with Gasteiger partial charge in [0.15, 0.2) is 23.9 Å². The van der Waals surface area contributed by atoms with Crippen LogP contribution in [0.15, 0.2) is 29.5 Å². The quantitative estimate of drug-likeness (QED) is 0.410. The molecule has 0 heterocycles. The average Bonchev–Trinajstić information content (AvgIpc) is 2.74. The fourth-order valence-electron chi connectivity index (χ4n) is 5.29. The fourth-order valence-corrected chi connectivity index (χ4v) is 5.29. The second-order valence-corrected chi connectivity index (χ2v) is 11.2. The van der Waals surface area contributed by atoms with Crippen molar-refractivity contribution < 1.29 is 38.5 Å². The minimum atomic E-state index is -1.09. The standard InChI is InChI=1S/C28H36O8/c1-7-35-23(33)15-36-21-9-8-16(10-22(21)34-6)24(25-17(29)11-27(2,3)12-18(25)30)26-19(31)13-28(4,5)14-20(26)32/h8-10,24-25,31H,7,11-15H2,1-6H3/t24-/m1/s1. The van der Waals surface area contributed by atoms with E-state index in [1.165, 1.54) is 7.11 Å². The Hall–Kier alpha value is -3.16. The number of esters is 1. The third kappa shape index (κ3) is 5.97. The molecule has 1 aromatic rings. The van der Waals surface area contributed by atoms with Gasteiger partial charge in [0.1, 0.15) is 17.3 Å². The van der Waals surface area contributed by atoms with Crippen molar-refractivity contribution in [2.75, 3.05) is 20.3 Å². The number of aliphatic hydroxyl groups is 1. The van der Waals surface area contributed by atoms with Gasteiger partial charge in [-0.1, -0.05) is 33.8 Å². The van der Waals surface area contributed by atoms with Crippen LogP contribution in [0.1, 0.15) is 71.8 Å². The molecule has 196 valence electrons. The van der Waals surface area contributed by atoms with Crippen LogP contribution in [0.25, 0.3) is 0 Å². The number of hydrogen-bond acceptors (Lipinski definition) is 8. The number of carbonyl (C=O) groups is 4. The van der Waals surface area contributed by atoms with E-state index in [4.69, 9.17) is 14.2 Å². The molecule has 1 saturated carbocycles. The number of allylic oxidation sites excluding steroid dienone is 2. The van der Waals surface area contributed by atoms with Crippen molar-refractivity contribution >= 4 is 23.3 Å². The molecule has 0 radical (unpaired) electrons. The topological polar surface area (TPSA) is 116 Å². The Morgan fingerprint density at radius 3 is 2.17 bits per heavy atom. The minimum Gasteiger partial charge on any atom is -0.512 e. The van der Waals surface area contributed by atoms with E-state index >= 15 is 0 Å². The number of benzene rings is 1. The largest absolute Gasteiger partial charge is 0.512 e. The van der Waals surface area contributed by atoms with Gasteiger partial charge in [0.05, 0.1) is 19.6 Å². The molecule has 0 amide bonds. The number of Topliss-reactive ketones (excluding diaryl/α,β-unsaturated/α-hetero) is 3. The van der Waals surface area contributed by atoms with Crippen molar-refractivity contribution in [2.24, 2.45) is 16.7 Å². The summed E-state index contributed by atoms with van der Waals surface area (Å²) in [5, 5.41) is 11.0. The molecule has 8 nitrogen and oxygen atoms in total. The molecule has 0 aliphatic heterocycles. The number of ether oxygens (including phenoxy) is 3. The summed E-state index contributed by atoms with van der Waals surface area (Å²) in [6.45, 7) is 9.14. The van der Waals surface area contributed by atoms with Crippen molar-refractivity contribution in [1.82, 2.24) is 0 Å². The van der Waals surface area contributed by atoms with E-state index in [0.717, 1.165) is 0 Å². The lowest BCUT2D eigenvalue weighted by Crippen LogP contribution is -2.43. The zero-order valence-corrected chi connectivity index (χ0v) is 21.9. The maximum atomic E-state index is 13.3. The zero-order valence-electron chi connectivity index (χ0n) is 21.9. The zero-order chi connectivity index (χ0) is 26.8.